The average molecular weight is 418 g/mol. The van der Waals surface area contributed by atoms with Crippen LogP contribution in [0.4, 0.5) is 4.79 Å². The van der Waals surface area contributed by atoms with Gasteiger partial charge in [0.25, 0.3) is 0 Å². The predicted octanol–water partition coefficient (Wildman–Crippen LogP) is 0.824. The van der Waals surface area contributed by atoms with Gasteiger partial charge in [-0.15, -0.1) is 0 Å². The van der Waals surface area contributed by atoms with Crippen LogP contribution in [-0.4, -0.2) is 42.4 Å². The van der Waals surface area contributed by atoms with Crippen molar-refractivity contribution in [1.29, 1.82) is 0 Å². The van der Waals surface area contributed by atoms with Gasteiger partial charge in [-0.2, -0.15) is 0 Å². The number of ether oxygens (including phenoxy) is 1. The Bertz CT molecular complexity index is 753. The second-order valence-electron chi connectivity index (χ2n) is 7.86. The smallest absolute Gasteiger partial charge is 0.408 e. The van der Waals surface area contributed by atoms with Crippen LogP contribution in [0.2, 0.25) is 0 Å². The quantitative estimate of drug-likeness (QED) is 0.445. The normalized spacial score (nSPS) is 17.7. The van der Waals surface area contributed by atoms with E-state index < -0.39 is 30.0 Å². The van der Waals surface area contributed by atoms with Crippen LogP contribution in [-0.2, 0) is 25.7 Å². The van der Waals surface area contributed by atoms with E-state index in [1.807, 2.05) is 44.2 Å². The monoisotopic (exact) mass is 418 g/mol. The summed E-state index contributed by atoms with van der Waals surface area (Å²) in [5, 5.41) is 7.84. The van der Waals surface area contributed by atoms with E-state index in [1.54, 1.807) is 0 Å². The van der Waals surface area contributed by atoms with Crippen molar-refractivity contribution in [2.75, 3.05) is 6.54 Å². The highest BCUT2D eigenvalue weighted by molar-refractivity contribution is 5.91. The van der Waals surface area contributed by atoms with Crippen LogP contribution in [0, 0.1) is 11.8 Å². The molecule has 9 heteroatoms. The maximum atomic E-state index is 12.8. The number of carbonyl (C=O) groups is 4. The van der Waals surface area contributed by atoms with Crippen molar-refractivity contribution in [1.82, 2.24) is 16.0 Å². The fourth-order valence-electron chi connectivity index (χ4n) is 3.28. The first-order chi connectivity index (χ1) is 14.3. The Morgan fingerprint density at radius 2 is 1.87 bits per heavy atom. The number of hydrogen-bond acceptors (Lipinski definition) is 5. The number of benzene rings is 1. The molecule has 9 nitrogen and oxygen atoms in total. The molecule has 164 valence electrons. The highest BCUT2D eigenvalue weighted by Gasteiger charge is 2.32. The molecule has 0 aliphatic carbocycles. The molecule has 1 heterocycles. The van der Waals surface area contributed by atoms with Crippen molar-refractivity contribution < 1.29 is 23.9 Å². The van der Waals surface area contributed by atoms with Gasteiger partial charge in [0.1, 0.15) is 18.7 Å². The molecular weight excluding hydrogens is 388 g/mol. The molecule has 30 heavy (non-hydrogen) atoms. The summed E-state index contributed by atoms with van der Waals surface area (Å²) in [6, 6.07) is 7.28. The number of amides is 4. The molecule has 0 radical (unpaired) electrons. The summed E-state index contributed by atoms with van der Waals surface area (Å²) in [7, 11) is 0. The summed E-state index contributed by atoms with van der Waals surface area (Å²) in [6.07, 6.45) is 0.324. The van der Waals surface area contributed by atoms with Crippen molar-refractivity contribution in [2.45, 2.75) is 51.8 Å². The molecule has 0 bridgehead atoms. The third-order valence-electron chi connectivity index (χ3n) is 4.87. The Morgan fingerprint density at radius 3 is 2.43 bits per heavy atom. The SMILES string of the molecule is CC(C)CC(NC(=O)OCc1ccccc1)C(=O)NC(C[C@@H]1CCNC1=O)C(N)=O. The van der Waals surface area contributed by atoms with Crippen molar-refractivity contribution >= 4 is 23.8 Å². The van der Waals surface area contributed by atoms with E-state index in [2.05, 4.69) is 16.0 Å². The fourth-order valence-corrected chi connectivity index (χ4v) is 3.28. The van der Waals surface area contributed by atoms with E-state index in [0.29, 0.717) is 19.4 Å². The molecule has 1 aliphatic heterocycles. The summed E-state index contributed by atoms with van der Waals surface area (Å²) < 4.78 is 5.19. The fraction of sp³-hybridized carbons (Fsp3) is 0.524. The first-order valence-corrected chi connectivity index (χ1v) is 10.1. The maximum absolute atomic E-state index is 12.8. The Hall–Kier alpha value is -3.10. The van der Waals surface area contributed by atoms with Crippen LogP contribution in [0.15, 0.2) is 30.3 Å². The molecule has 1 saturated heterocycles. The van der Waals surface area contributed by atoms with E-state index in [1.165, 1.54) is 0 Å². The van der Waals surface area contributed by atoms with E-state index in [9.17, 15) is 19.2 Å². The number of primary amides is 1. The van der Waals surface area contributed by atoms with Crippen LogP contribution in [0.25, 0.3) is 0 Å². The molecule has 0 saturated carbocycles. The number of rotatable bonds is 10. The second kappa shape index (κ2) is 11.2. The molecular formula is C21H30N4O5. The average Bonchev–Trinajstić information content (AvgIpc) is 3.10. The molecule has 3 atom stereocenters. The number of nitrogens with one attached hydrogen (secondary N) is 3. The molecule has 1 fully saturated rings. The topological polar surface area (TPSA) is 140 Å². The molecule has 2 unspecified atom stereocenters. The lowest BCUT2D eigenvalue weighted by Crippen LogP contribution is -2.54. The second-order valence-corrected chi connectivity index (χ2v) is 7.86. The minimum Gasteiger partial charge on any atom is -0.445 e. The number of nitrogens with two attached hydrogens (primary N) is 1. The molecule has 1 aliphatic rings. The lowest BCUT2D eigenvalue weighted by atomic mass is 9.97. The summed E-state index contributed by atoms with van der Waals surface area (Å²) in [6.45, 7) is 4.43. The predicted molar refractivity (Wildman–Crippen MR) is 110 cm³/mol. The summed E-state index contributed by atoms with van der Waals surface area (Å²) >= 11 is 0. The van der Waals surface area contributed by atoms with Gasteiger partial charge in [0.2, 0.25) is 17.7 Å². The number of alkyl carbamates (subject to hydrolysis) is 1. The van der Waals surface area contributed by atoms with Crippen LogP contribution in [0.1, 0.15) is 38.7 Å². The zero-order chi connectivity index (χ0) is 22.1. The highest BCUT2D eigenvalue weighted by atomic mass is 16.5. The van der Waals surface area contributed by atoms with Crippen molar-refractivity contribution in [3.63, 3.8) is 0 Å². The number of carbonyl (C=O) groups excluding carboxylic acids is 4. The van der Waals surface area contributed by atoms with E-state index in [-0.39, 0.29) is 30.8 Å². The van der Waals surface area contributed by atoms with Gasteiger partial charge >= 0.3 is 6.09 Å². The van der Waals surface area contributed by atoms with E-state index in [4.69, 9.17) is 10.5 Å². The number of hydrogen-bond donors (Lipinski definition) is 4. The van der Waals surface area contributed by atoms with E-state index >= 15 is 0 Å². The first-order valence-electron chi connectivity index (χ1n) is 10.1. The van der Waals surface area contributed by atoms with Crippen molar-refractivity contribution in [2.24, 2.45) is 17.6 Å². The minimum absolute atomic E-state index is 0.0728. The Morgan fingerprint density at radius 1 is 1.17 bits per heavy atom. The van der Waals surface area contributed by atoms with Gasteiger partial charge in [0.15, 0.2) is 0 Å². The van der Waals surface area contributed by atoms with Gasteiger partial charge < -0.3 is 26.4 Å². The van der Waals surface area contributed by atoms with Crippen molar-refractivity contribution in [3.05, 3.63) is 35.9 Å². The minimum atomic E-state index is -0.997. The largest absolute Gasteiger partial charge is 0.445 e. The van der Waals surface area contributed by atoms with Gasteiger partial charge in [0.05, 0.1) is 0 Å². The third-order valence-corrected chi connectivity index (χ3v) is 4.87. The van der Waals surface area contributed by atoms with Gasteiger partial charge in [-0.1, -0.05) is 44.2 Å². The molecule has 5 N–H and O–H groups in total. The van der Waals surface area contributed by atoms with Gasteiger partial charge in [-0.25, -0.2) is 4.79 Å². The van der Waals surface area contributed by atoms with Crippen LogP contribution < -0.4 is 21.7 Å². The molecule has 2 rings (SSSR count). The lowest BCUT2D eigenvalue weighted by Gasteiger charge is -2.24. The van der Waals surface area contributed by atoms with E-state index in [0.717, 1.165) is 5.56 Å². The Kier molecular flexibility index (Phi) is 8.64. The standard InChI is InChI=1S/C21H30N4O5/c1-13(2)10-17(25-21(29)30-12-14-6-4-3-5-7-14)20(28)24-16(18(22)26)11-15-8-9-23-19(15)27/h3-7,13,15-17H,8-12H2,1-2H3,(H2,22,26)(H,23,27)(H,24,28)(H,25,29)/t15-,16?,17?/m0/s1. The van der Waals surface area contributed by atoms with Gasteiger partial charge in [-0.05, 0) is 30.7 Å². The zero-order valence-corrected chi connectivity index (χ0v) is 17.4. The van der Waals surface area contributed by atoms with Crippen LogP contribution in [0.5, 0.6) is 0 Å². The Balaban J connectivity index is 1.95. The maximum Gasteiger partial charge on any atom is 0.408 e. The summed E-state index contributed by atoms with van der Waals surface area (Å²) in [4.78, 5) is 48.6. The zero-order valence-electron chi connectivity index (χ0n) is 17.4. The van der Waals surface area contributed by atoms with Crippen molar-refractivity contribution in [3.8, 4) is 0 Å². The summed E-state index contributed by atoms with van der Waals surface area (Å²) in [5.74, 6) is -1.70. The Labute approximate surface area is 176 Å². The van der Waals surface area contributed by atoms with Gasteiger partial charge in [-0.3, -0.25) is 14.4 Å². The molecule has 1 aromatic rings. The molecule has 4 amide bonds. The molecule has 0 spiro atoms. The van der Waals surface area contributed by atoms with Crippen LogP contribution in [0.3, 0.4) is 0 Å². The van der Waals surface area contributed by atoms with Gasteiger partial charge in [0, 0.05) is 12.5 Å². The van der Waals surface area contributed by atoms with Crippen LogP contribution >= 0.6 is 0 Å². The highest BCUT2D eigenvalue weighted by Crippen LogP contribution is 2.16. The molecule has 1 aromatic carbocycles. The first kappa shape index (κ1) is 23.2. The third kappa shape index (κ3) is 7.38. The summed E-state index contributed by atoms with van der Waals surface area (Å²) in [5.41, 5.74) is 6.25. The lowest BCUT2D eigenvalue weighted by molar-refractivity contribution is -0.130. The molecule has 0 aromatic heterocycles.